The van der Waals surface area contributed by atoms with Crippen LogP contribution in [0, 0.1) is 0 Å². The van der Waals surface area contributed by atoms with Gasteiger partial charge in [0.15, 0.2) is 0 Å². The van der Waals surface area contributed by atoms with Crippen LogP contribution < -0.4 is 10.6 Å². The molecule has 114 valence electrons. The molecular formula is C13H18ClN5O2. The third kappa shape index (κ3) is 5.50. The number of carbonyl (C=O) groups is 1. The molecular weight excluding hydrogens is 294 g/mol. The molecule has 0 aliphatic carbocycles. The molecule has 0 saturated carbocycles. The average molecular weight is 312 g/mol. The number of carbonyl (C=O) groups excluding carboxylic acids is 1. The van der Waals surface area contributed by atoms with Gasteiger partial charge in [0.05, 0.1) is 31.2 Å². The number of nitrogens with one attached hydrogen (secondary N) is 2. The van der Waals surface area contributed by atoms with Crippen molar-refractivity contribution in [2.75, 3.05) is 32.1 Å². The van der Waals surface area contributed by atoms with Gasteiger partial charge in [-0.15, -0.1) is 17.5 Å². The molecule has 1 aromatic heterocycles. The Bertz CT molecular complexity index is 530. The fourth-order valence-corrected chi connectivity index (χ4v) is 1.62. The van der Waals surface area contributed by atoms with E-state index in [1.807, 2.05) is 24.3 Å². The molecule has 1 heterocycles. The fraction of sp³-hybridized carbons (Fsp3) is 0.308. The summed E-state index contributed by atoms with van der Waals surface area (Å²) in [7, 11) is 1.62. The quantitative estimate of drug-likeness (QED) is 0.741. The molecule has 0 saturated heterocycles. The zero-order valence-corrected chi connectivity index (χ0v) is 12.5. The first-order chi connectivity index (χ1) is 9.79. The van der Waals surface area contributed by atoms with Gasteiger partial charge in [-0.3, -0.25) is 4.79 Å². The monoisotopic (exact) mass is 311 g/mol. The highest BCUT2D eigenvalue weighted by Gasteiger charge is 2.02. The van der Waals surface area contributed by atoms with Crippen molar-refractivity contribution in [2.45, 2.75) is 0 Å². The predicted molar refractivity (Wildman–Crippen MR) is 82.0 cm³/mol. The number of nitrogens with zero attached hydrogens (tertiary/aromatic N) is 3. The predicted octanol–water partition coefficient (Wildman–Crippen LogP) is 0.864. The topological polar surface area (TPSA) is 81.1 Å². The van der Waals surface area contributed by atoms with Gasteiger partial charge in [-0.05, 0) is 24.3 Å². The molecule has 0 fully saturated rings. The molecule has 0 bridgehead atoms. The van der Waals surface area contributed by atoms with Crippen molar-refractivity contribution in [1.29, 1.82) is 0 Å². The van der Waals surface area contributed by atoms with Gasteiger partial charge in [0.1, 0.15) is 0 Å². The molecule has 0 spiro atoms. The van der Waals surface area contributed by atoms with Crippen molar-refractivity contribution in [3.63, 3.8) is 0 Å². The van der Waals surface area contributed by atoms with Gasteiger partial charge >= 0.3 is 0 Å². The van der Waals surface area contributed by atoms with E-state index in [1.54, 1.807) is 24.2 Å². The van der Waals surface area contributed by atoms with E-state index in [4.69, 9.17) is 4.74 Å². The standard InChI is InChI=1S/C13H17N5O2.ClH/c1-20-9-7-14-10-13(19)16-11-2-4-12(5-3-11)18-8-6-15-17-18;/h2-6,8,14H,7,9-10H2,1H3,(H,16,19);1H. The fourth-order valence-electron chi connectivity index (χ4n) is 1.62. The second kappa shape index (κ2) is 9.06. The lowest BCUT2D eigenvalue weighted by atomic mass is 10.3. The van der Waals surface area contributed by atoms with Crippen LogP contribution in [0.3, 0.4) is 0 Å². The molecule has 2 N–H and O–H groups in total. The van der Waals surface area contributed by atoms with Crippen molar-refractivity contribution in [3.8, 4) is 5.69 Å². The summed E-state index contributed by atoms with van der Waals surface area (Å²) in [6, 6.07) is 7.37. The van der Waals surface area contributed by atoms with Crippen molar-refractivity contribution in [1.82, 2.24) is 20.3 Å². The average Bonchev–Trinajstić information content (AvgIpc) is 2.99. The van der Waals surface area contributed by atoms with Crippen molar-refractivity contribution in [3.05, 3.63) is 36.7 Å². The molecule has 7 nitrogen and oxygen atoms in total. The van der Waals surface area contributed by atoms with E-state index < -0.39 is 0 Å². The Balaban J connectivity index is 0.00000220. The minimum absolute atomic E-state index is 0. The molecule has 0 aliphatic heterocycles. The number of amides is 1. The minimum atomic E-state index is -0.0883. The summed E-state index contributed by atoms with van der Waals surface area (Å²) in [5, 5.41) is 13.4. The number of hydrogen-bond acceptors (Lipinski definition) is 5. The number of aromatic nitrogens is 3. The highest BCUT2D eigenvalue weighted by atomic mass is 35.5. The number of halogens is 1. The van der Waals surface area contributed by atoms with Gasteiger partial charge in [-0.1, -0.05) is 5.21 Å². The van der Waals surface area contributed by atoms with E-state index in [-0.39, 0.29) is 24.9 Å². The van der Waals surface area contributed by atoms with Gasteiger partial charge in [0, 0.05) is 19.3 Å². The zero-order chi connectivity index (χ0) is 14.2. The Hall–Kier alpha value is -1.96. The summed E-state index contributed by atoms with van der Waals surface area (Å²) in [5.41, 5.74) is 1.63. The van der Waals surface area contributed by atoms with Crippen LogP contribution in [0.15, 0.2) is 36.7 Å². The van der Waals surface area contributed by atoms with Crippen LogP contribution in [0.2, 0.25) is 0 Å². The van der Waals surface area contributed by atoms with Crippen LogP contribution in [0.25, 0.3) is 5.69 Å². The maximum Gasteiger partial charge on any atom is 0.238 e. The van der Waals surface area contributed by atoms with Crippen molar-refractivity contribution >= 4 is 24.0 Å². The number of rotatable bonds is 7. The summed E-state index contributed by atoms with van der Waals surface area (Å²) in [5.74, 6) is -0.0883. The Morgan fingerprint density at radius 3 is 2.71 bits per heavy atom. The van der Waals surface area contributed by atoms with Crippen LogP contribution in [-0.2, 0) is 9.53 Å². The molecule has 1 aromatic carbocycles. The Morgan fingerprint density at radius 1 is 1.33 bits per heavy atom. The summed E-state index contributed by atoms with van der Waals surface area (Å²) >= 11 is 0. The first kappa shape index (κ1) is 17.1. The largest absolute Gasteiger partial charge is 0.383 e. The van der Waals surface area contributed by atoms with Crippen molar-refractivity contribution in [2.24, 2.45) is 0 Å². The van der Waals surface area contributed by atoms with Gasteiger partial charge in [-0.25, -0.2) is 4.68 Å². The summed E-state index contributed by atoms with van der Waals surface area (Å²) in [4.78, 5) is 11.6. The molecule has 1 amide bonds. The van der Waals surface area contributed by atoms with Crippen LogP contribution >= 0.6 is 12.4 Å². The zero-order valence-electron chi connectivity index (χ0n) is 11.7. The lowest BCUT2D eigenvalue weighted by Gasteiger charge is -2.07. The van der Waals surface area contributed by atoms with E-state index in [0.29, 0.717) is 13.2 Å². The number of ether oxygens (including phenoxy) is 1. The molecule has 2 aromatic rings. The van der Waals surface area contributed by atoms with Gasteiger partial charge in [0.2, 0.25) is 5.91 Å². The van der Waals surface area contributed by atoms with Crippen LogP contribution in [-0.4, -0.2) is 47.7 Å². The molecule has 8 heteroatoms. The first-order valence-corrected chi connectivity index (χ1v) is 6.26. The third-order valence-electron chi connectivity index (χ3n) is 2.61. The third-order valence-corrected chi connectivity index (χ3v) is 2.61. The van der Waals surface area contributed by atoms with E-state index in [2.05, 4.69) is 20.9 Å². The molecule has 0 unspecified atom stereocenters. The van der Waals surface area contributed by atoms with Gasteiger partial charge < -0.3 is 15.4 Å². The molecule has 21 heavy (non-hydrogen) atoms. The normalized spacial score (nSPS) is 9.95. The Kier molecular flexibility index (Phi) is 7.38. The summed E-state index contributed by atoms with van der Waals surface area (Å²) in [6.45, 7) is 1.49. The lowest BCUT2D eigenvalue weighted by molar-refractivity contribution is -0.115. The van der Waals surface area contributed by atoms with Crippen LogP contribution in [0.1, 0.15) is 0 Å². The van der Waals surface area contributed by atoms with E-state index >= 15 is 0 Å². The highest BCUT2D eigenvalue weighted by molar-refractivity contribution is 5.92. The second-order valence-corrected chi connectivity index (χ2v) is 4.11. The lowest BCUT2D eigenvalue weighted by Crippen LogP contribution is -2.30. The Morgan fingerprint density at radius 2 is 2.10 bits per heavy atom. The number of benzene rings is 1. The summed E-state index contributed by atoms with van der Waals surface area (Å²) < 4.78 is 6.53. The molecule has 0 aliphatic rings. The SMILES string of the molecule is COCCNCC(=O)Nc1ccc(-n2ccnn2)cc1.Cl. The molecule has 0 radical (unpaired) electrons. The smallest absolute Gasteiger partial charge is 0.238 e. The van der Waals surface area contributed by atoms with E-state index in [1.165, 1.54) is 0 Å². The number of anilines is 1. The number of methoxy groups -OCH3 is 1. The second-order valence-electron chi connectivity index (χ2n) is 4.11. The summed E-state index contributed by atoms with van der Waals surface area (Å²) in [6.07, 6.45) is 3.37. The molecule has 0 atom stereocenters. The number of hydrogen-bond donors (Lipinski definition) is 2. The van der Waals surface area contributed by atoms with Crippen molar-refractivity contribution < 1.29 is 9.53 Å². The van der Waals surface area contributed by atoms with E-state index in [9.17, 15) is 4.79 Å². The van der Waals surface area contributed by atoms with Crippen LogP contribution in [0.5, 0.6) is 0 Å². The molecule has 2 rings (SSSR count). The van der Waals surface area contributed by atoms with Crippen LogP contribution in [0.4, 0.5) is 5.69 Å². The van der Waals surface area contributed by atoms with Gasteiger partial charge in [-0.2, -0.15) is 0 Å². The maximum atomic E-state index is 11.6. The first-order valence-electron chi connectivity index (χ1n) is 6.26. The minimum Gasteiger partial charge on any atom is -0.383 e. The van der Waals surface area contributed by atoms with Gasteiger partial charge in [0.25, 0.3) is 0 Å². The highest BCUT2D eigenvalue weighted by Crippen LogP contribution is 2.11. The van der Waals surface area contributed by atoms with E-state index in [0.717, 1.165) is 11.4 Å². The Labute approximate surface area is 129 Å². The maximum absolute atomic E-state index is 11.6.